The summed E-state index contributed by atoms with van der Waals surface area (Å²) in [5, 5.41) is 4.57. The summed E-state index contributed by atoms with van der Waals surface area (Å²) in [5.74, 6) is -0.872. The predicted molar refractivity (Wildman–Crippen MR) is 147 cm³/mol. The van der Waals surface area contributed by atoms with Crippen LogP contribution in [0.5, 0.6) is 0 Å². The first-order valence-corrected chi connectivity index (χ1v) is 14.9. The number of anilines is 2. The number of benzene rings is 2. The number of piperidine rings is 1. The highest BCUT2D eigenvalue weighted by molar-refractivity contribution is 7.89. The molecule has 12 heteroatoms. The van der Waals surface area contributed by atoms with Crippen molar-refractivity contribution in [2.24, 2.45) is 5.92 Å². The highest BCUT2D eigenvalue weighted by atomic mass is 35.5. The SMILES string of the molecule is COCCCN1C(=O)c2cccc3c(NC(=O)C4CCCN(S(=O)(=O)c5cc(Cl)sc5Cl)C4)ccc1c23. The molecule has 0 radical (unpaired) electrons. The van der Waals surface area contributed by atoms with Crippen LogP contribution in [-0.4, -0.2) is 57.9 Å². The van der Waals surface area contributed by atoms with Crippen molar-refractivity contribution in [2.75, 3.05) is 43.6 Å². The van der Waals surface area contributed by atoms with Gasteiger partial charge in [-0.2, -0.15) is 4.31 Å². The van der Waals surface area contributed by atoms with Gasteiger partial charge in [-0.1, -0.05) is 35.3 Å². The second-order valence-electron chi connectivity index (χ2n) is 9.04. The maximum atomic E-state index is 13.3. The molecule has 0 bridgehead atoms. The Bertz CT molecular complexity index is 1490. The minimum absolute atomic E-state index is 0.0301. The van der Waals surface area contributed by atoms with E-state index in [4.69, 9.17) is 27.9 Å². The number of hydrogen-bond donors (Lipinski definition) is 1. The molecule has 2 aliphatic rings. The number of ether oxygens (including phenoxy) is 1. The molecular formula is C25H25Cl2N3O5S2. The zero-order chi connectivity index (χ0) is 26.3. The molecule has 3 heterocycles. The van der Waals surface area contributed by atoms with Gasteiger partial charge in [-0.25, -0.2) is 8.42 Å². The van der Waals surface area contributed by atoms with E-state index < -0.39 is 15.9 Å². The minimum Gasteiger partial charge on any atom is -0.385 e. The molecule has 1 unspecified atom stereocenters. The van der Waals surface area contributed by atoms with Crippen molar-refractivity contribution in [3.8, 4) is 0 Å². The summed E-state index contributed by atoms with van der Waals surface area (Å²) in [7, 11) is -2.25. The molecule has 1 N–H and O–H groups in total. The van der Waals surface area contributed by atoms with Crippen molar-refractivity contribution in [2.45, 2.75) is 24.2 Å². The van der Waals surface area contributed by atoms with Gasteiger partial charge in [0.2, 0.25) is 15.9 Å². The van der Waals surface area contributed by atoms with E-state index in [9.17, 15) is 18.0 Å². The van der Waals surface area contributed by atoms with Gasteiger partial charge in [0.25, 0.3) is 5.91 Å². The van der Waals surface area contributed by atoms with Crippen molar-refractivity contribution in [3.63, 3.8) is 0 Å². The maximum Gasteiger partial charge on any atom is 0.258 e. The van der Waals surface area contributed by atoms with Crippen molar-refractivity contribution in [1.29, 1.82) is 0 Å². The largest absolute Gasteiger partial charge is 0.385 e. The molecule has 2 aliphatic heterocycles. The predicted octanol–water partition coefficient (Wildman–Crippen LogP) is 5.24. The number of hydrogen-bond acceptors (Lipinski definition) is 6. The number of halogens is 2. The fourth-order valence-corrected chi connectivity index (χ4v) is 8.63. The summed E-state index contributed by atoms with van der Waals surface area (Å²) in [4.78, 5) is 28.1. The Balaban J connectivity index is 1.37. The van der Waals surface area contributed by atoms with Gasteiger partial charge < -0.3 is 15.0 Å². The van der Waals surface area contributed by atoms with Crippen molar-refractivity contribution < 1.29 is 22.7 Å². The number of carbonyl (C=O) groups is 2. The monoisotopic (exact) mass is 581 g/mol. The lowest BCUT2D eigenvalue weighted by molar-refractivity contribution is -0.120. The first-order valence-electron chi connectivity index (χ1n) is 11.8. The van der Waals surface area contributed by atoms with Gasteiger partial charge >= 0.3 is 0 Å². The van der Waals surface area contributed by atoms with Crippen LogP contribution in [0, 0.1) is 5.92 Å². The van der Waals surface area contributed by atoms with Crippen LogP contribution in [0.25, 0.3) is 10.8 Å². The molecule has 0 spiro atoms. The van der Waals surface area contributed by atoms with Gasteiger partial charge in [0.15, 0.2) is 0 Å². The fourth-order valence-electron chi connectivity index (χ4n) is 4.99. The highest BCUT2D eigenvalue weighted by Gasteiger charge is 2.36. The first-order chi connectivity index (χ1) is 17.7. The van der Waals surface area contributed by atoms with E-state index in [-0.39, 0.29) is 31.9 Å². The van der Waals surface area contributed by atoms with E-state index in [1.54, 1.807) is 30.2 Å². The van der Waals surface area contributed by atoms with Gasteiger partial charge in [-0.15, -0.1) is 11.3 Å². The van der Waals surface area contributed by atoms with Gasteiger partial charge in [0.05, 0.1) is 15.9 Å². The lowest BCUT2D eigenvalue weighted by Gasteiger charge is -2.31. The van der Waals surface area contributed by atoms with Crippen LogP contribution in [0.2, 0.25) is 8.67 Å². The molecule has 0 saturated carbocycles. The van der Waals surface area contributed by atoms with Gasteiger partial charge in [0.1, 0.15) is 9.23 Å². The average molecular weight is 583 g/mol. The smallest absolute Gasteiger partial charge is 0.258 e. The molecule has 3 aromatic rings. The highest BCUT2D eigenvalue weighted by Crippen LogP contribution is 2.41. The Morgan fingerprint density at radius 1 is 1.24 bits per heavy atom. The zero-order valence-electron chi connectivity index (χ0n) is 20.0. The Kier molecular flexibility index (Phi) is 7.50. The molecule has 1 saturated heterocycles. The summed E-state index contributed by atoms with van der Waals surface area (Å²) in [5.41, 5.74) is 2.00. The maximum absolute atomic E-state index is 13.3. The lowest BCUT2D eigenvalue weighted by atomic mass is 9.98. The van der Waals surface area contributed by atoms with Crippen molar-refractivity contribution in [3.05, 3.63) is 50.6 Å². The van der Waals surface area contributed by atoms with Gasteiger partial charge in [-0.3, -0.25) is 9.59 Å². The Labute approximate surface area is 229 Å². The van der Waals surface area contributed by atoms with Crippen LogP contribution in [-0.2, 0) is 19.6 Å². The minimum atomic E-state index is -3.88. The van der Waals surface area contributed by atoms with E-state index in [0.717, 1.165) is 27.8 Å². The molecule has 5 rings (SSSR count). The van der Waals surface area contributed by atoms with E-state index >= 15 is 0 Å². The van der Waals surface area contributed by atoms with Crippen LogP contribution >= 0.6 is 34.5 Å². The van der Waals surface area contributed by atoms with Crippen LogP contribution < -0.4 is 10.2 Å². The molecule has 2 amide bonds. The Hall–Kier alpha value is -2.21. The Morgan fingerprint density at radius 2 is 2.05 bits per heavy atom. The molecule has 2 aromatic carbocycles. The Morgan fingerprint density at radius 3 is 2.78 bits per heavy atom. The molecule has 0 aliphatic carbocycles. The third-order valence-corrected chi connectivity index (χ3v) is 10.4. The number of nitrogens with zero attached hydrogens (tertiary/aromatic N) is 2. The number of methoxy groups -OCH3 is 1. The molecular weight excluding hydrogens is 557 g/mol. The summed E-state index contributed by atoms with van der Waals surface area (Å²) < 4.78 is 33.2. The molecule has 1 fully saturated rings. The zero-order valence-corrected chi connectivity index (χ0v) is 23.1. The molecule has 1 aromatic heterocycles. The number of nitrogens with one attached hydrogen (secondary N) is 1. The molecule has 196 valence electrons. The van der Waals surface area contributed by atoms with Crippen LogP contribution in [0.15, 0.2) is 41.3 Å². The van der Waals surface area contributed by atoms with E-state index in [2.05, 4.69) is 5.32 Å². The van der Waals surface area contributed by atoms with Crippen LogP contribution in [0.3, 0.4) is 0 Å². The molecule has 8 nitrogen and oxygen atoms in total. The van der Waals surface area contributed by atoms with Gasteiger partial charge in [-0.05, 0) is 43.5 Å². The quantitative estimate of drug-likeness (QED) is 0.367. The standard InChI is InChI=1S/C25H25Cl2N3O5S2/c1-35-12-4-11-30-19-9-8-18(16-6-2-7-17(22(16)19)25(30)32)28-24(31)15-5-3-10-29(14-15)37(33,34)20-13-21(26)36-23(20)27/h2,6-9,13,15H,3-5,10-12,14H2,1H3,(H,28,31). The number of sulfonamides is 1. The van der Waals surface area contributed by atoms with E-state index in [1.807, 2.05) is 12.1 Å². The topological polar surface area (TPSA) is 96.0 Å². The van der Waals surface area contributed by atoms with Crippen molar-refractivity contribution in [1.82, 2.24) is 4.31 Å². The van der Waals surface area contributed by atoms with Crippen LogP contribution in [0.1, 0.15) is 29.6 Å². The lowest BCUT2D eigenvalue weighted by Crippen LogP contribution is -2.43. The van der Waals surface area contributed by atoms with Crippen LogP contribution in [0.4, 0.5) is 11.4 Å². The average Bonchev–Trinajstić information content (AvgIpc) is 3.38. The fraction of sp³-hybridized carbons (Fsp3) is 0.360. The summed E-state index contributed by atoms with van der Waals surface area (Å²) in [6.45, 7) is 1.44. The first kappa shape index (κ1) is 26.4. The molecule has 37 heavy (non-hydrogen) atoms. The van der Waals surface area contributed by atoms with E-state index in [1.165, 1.54) is 10.4 Å². The van der Waals surface area contributed by atoms with Gasteiger partial charge in [0, 0.05) is 55.4 Å². The third-order valence-electron chi connectivity index (χ3n) is 6.77. The third kappa shape index (κ3) is 4.86. The number of rotatable bonds is 8. The number of amides is 2. The second kappa shape index (κ2) is 10.5. The second-order valence-corrected chi connectivity index (χ2v) is 13.2. The molecule has 1 atom stereocenters. The summed E-state index contributed by atoms with van der Waals surface area (Å²) in [6, 6.07) is 10.5. The normalized spacial score (nSPS) is 18.1. The number of thiophene rings is 1. The number of carbonyl (C=O) groups excluding carboxylic acids is 2. The summed E-state index contributed by atoms with van der Waals surface area (Å²) >= 11 is 13.1. The van der Waals surface area contributed by atoms with E-state index in [0.29, 0.717) is 50.2 Å². The summed E-state index contributed by atoms with van der Waals surface area (Å²) in [6.07, 6.45) is 1.81. The van der Waals surface area contributed by atoms with Crippen molar-refractivity contribution >= 4 is 78.5 Å².